The monoisotopic (exact) mass is 292 g/mol. The largest absolute Gasteiger partial charge is 0.347 e. The number of nitro groups is 1. The van der Waals surface area contributed by atoms with E-state index < -0.39 is 4.92 Å². The summed E-state index contributed by atoms with van der Waals surface area (Å²) in [6, 6.07) is 6.35. The number of amides is 1. The molecule has 0 saturated carbocycles. The van der Waals surface area contributed by atoms with Crippen molar-refractivity contribution in [3.8, 4) is 0 Å². The SMILES string of the molecule is CN(C)C(=O)C1CNCCN1Cc1cccc([N+](=O)[O-])c1. The molecule has 7 heteroatoms. The fraction of sp³-hybridized carbons (Fsp3) is 0.500. The number of non-ortho nitro benzene ring substituents is 1. The number of nitrogens with one attached hydrogen (secondary N) is 1. The zero-order chi connectivity index (χ0) is 15.4. The second kappa shape index (κ2) is 6.64. The van der Waals surface area contributed by atoms with Crippen LogP contribution < -0.4 is 5.32 Å². The predicted molar refractivity (Wildman–Crippen MR) is 78.9 cm³/mol. The smallest absolute Gasteiger partial charge is 0.269 e. The van der Waals surface area contributed by atoms with Crippen molar-refractivity contribution in [1.29, 1.82) is 0 Å². The molecule has 1 saturated heterocycles. The summed E-state index contributed by atoms with van der Waals surface area (Å²) in [5.41, 5.74) is 0.931. The Morgan fingerprint density at radius 1 is 1.52 bits per heavy atom. The van der Waals surface area contributed by atoms with E-state index in [4.69, 9.17) is 0 Å². The summed E-state index contributed by atoms with van der Waals surface area (Å²) in [5, 5.41) is 14.0. The molecule has 0 aliphatic carbocycles. The molecule has 1 unspecified atom stereocenters. The van der Waals surface area contributed by atoms with Crippen LogP contribution >= 0.6 is 0 Å². The van der Waals surface area contributed by atoms with Gasteiger partial charge in [0, 0.05) is 52.4 Å². The number of carbonyl (C=O) groups excluding carboxylic acids is 1. The number of piperazine rings is 1. The van der Waals surface area contributed by atoms with Crippen LogP contribution in [0.15, 0.2) is 24.3 Å². The molecule has 1 aliphatic rings. The fourth-order valence-corrected chi connectivity index (χ4v) is 2.48. The topological polar surface area (TPSA) is 78.7 Å². The minimum atomic E-state index is -0.399. The van der Waals surface area contributed by atoms with Crippen LogP contribution in [0.1, 0.15) is 5.56 Å². The first kappa shape index (κ1) is 15.4. The Labute approximate surface area is 123 Å². The quantitative estimate of drug-likeness (QED) is 0.644. The van der Waals surface area contributed by atoms with Gasteiger partial charge in [0.05, 0.1) is 4.92 Å². The maximum absolute atomic E-state index is 12.2. The number of benzene rings is 1. The molecule has 1 aromatic rings. The van der Waals surface area contributed by atoms with Crippen LogP contribution in [0, 0.1) is 10.1 Å². The molecule has 1 amide bonds. The Morgan fingerprint density at radius 3 is 2.95 bits per heavy atom. The maximum atomic E-state index is 12.2. The maximum Gasteiger partial charge on any atom is 0.269 e. The number of carbonyl (C=O) groups is 1. The molecule has 2 rings (SSSR count). The van der Waals surface area contributed by atoms with Crippen molar-refractivity contribution >= 4 is 11.6 Å². The van der Waals surface area contributed by atoms with E-state index in [0.717, 1.165) is 18.7 Å². The molecule has 0 aromatic heterocycles. The molecular formula is C14H20N4O3. The van der Waals surface area contributed by atoms with Crippen molar-refractivity contribution in [3.63, 3.8) is 0 Å². The van der Waals surface area contributed by atoms with Gasteiger partial charge in [-0.3, -0.25) is 19.8 Å². The Morgan fingerprint density at radius 2 is 2.29 bits per heavy atom. The van der Waals surface area contributed by atoms with E-state index >= 15 is 0 Å². The van der Waals surface area contributed by atoms with E-state index in [1.807, 2.05) is 6.07 Å². The van der Waals surface area contributed by atoms with E-state index in [1.54, 1.807) is 31.1 Å². The van der Waals surface area contributed by atoms with Gasteiger partial charge in [-0.25, -0.2) is 0 Å². The molecule has 0 radical (unpaired) electrons. The predicted octanol–water partition coefficient (Wildman–Crippen LogP) is 0.457. The standard InChI is InChI=1S/C14H20N4O3/c1-16(2)14(19)13-9-15-6-7-17(13)10-11-4-3-5-12(8-11)18(20)21/h3-5,8,13,15H,6-7,9-10H2,1-2H3. The van der Waals surface area contributed by atoms with Gasteiger partial charge in [-0.15, -0.1) is 0 Å². The molecule has 1 fully saturated rings. The molecule has 1 aromatic carbocycles. The summed E-state index contributed by atoms with van der Waals surface area (Å²) in [6.07, 6.45) is 0. The van der Waals surface area contributed by atoms with E-state index in [0.29, 0.717) is 13.1 Å². The van der Waals surface area contributed by atoms with Crippen LogP contribution in [-0.4, -0.2) is 60.4 Å². The fourth-order valence-electron chi connectivity index (χ4n) is 2.48. The third kappa shape index (κ3) is 3.77. The van der Waals surface area contributed by atoms with Crippen molar-refractivity contribution in [1.82, 2.24) is 15.1 Å². The summed E-state index contributed by atoms with van der Waals surface area (Å²) >= 11 is 0. The Hall–Kier alpha value is -1.99. The number of hydrogen-bond donors (Lipinski definition) is 1. The van der Waals surface area contributed by atoms with Crippen LogP contribution in [0.25, 0.3) is 0 Å². The number of likely N-dealkylation sites (N-methyl/N-ethyl adjacent to an activating group) is 1. The van der Waals surface area contributed by atoms with Gasteiger partial charge in [0.2, 0.25) is 5.91 Å². The minimum Gasteiger partial charge on any atom is -0.347 e. The molecule has 114 valence electrons. The molecule has 21 heavy (non-hydrogen) atoms. The normalized spacial score (nSPS) is 19.2. The van der Waals surface area contributed by atoms with Gasteiger partial charge >= 0.3 is 0 Å². The van der Waals surface area contributed by atoms with Crippen LogP contribution in [0.3, 0.4) is 0 Å². The lowest BCUT2D eigenvalue weighted by Crippen LogP contribution is -2.57. The first-order chi connectivity index (χ1) is 9.99. The van der Waals surface area contributed by atoms with Gasteiger partial charge < -0.3 is 10.2 Å². The lowest BCUT2D eigenvalue weighted by molar-refractivity contribution is -0.384. The zero-order valence-electron chi connectivity index (χ0n) is 12.3. The van der Waals surface area contributed by atoms with Gasteiger partial charge in [0.25, 0.3) is 5.69 Å². The summed E-state index contributed by atoms with van der Waals surface area (Å²) in [4.78, 5) is 26.3. The lowest BCUT2D eigenvalue weighted by atomic mass is 10.1. The first-order valence-corrected chi connectivity index (χ1v) is 6.88. The third-order valence-corrected chi connectivity index (χ3v) is 3.59. The molecule has 0 bridgehead atoms. The van der Waals surface area contributed by atoms with Crippen molar-refractivity contribution in [2.45, 2.75) is 12.6 Å². The van der Waals surface area contributed by atoms with E-state index in [1.165, 1.54) is 6.07 Å². The minimum absolute atomic E-state index is 0.0487. The highest BCUT2D eigenvalue weighted by Crippen LogP contribution is 2.17. The average Bonchev–Trinajstić information content (AvgIpc) is 2.47. The van der Waals surface area contributed by atoms with Crippen LogP contribution in [0.5, 0.6) is 0 Å². The number of nitrogens with zero attached hydrogens (tertiary/aromatic N) is 3. The number of rotatable bonds is 4. The molecular weight excluding hydrogens is 272 g/mol. The van der Waals surface area contributed by atoms with Gasteiger partial charge in [-0.1, -0.05) is 12.1 Å². The van der Waals surface area contributed by atoms with Crippen molar-refractivity contribution < 1.29 is 9.72 Å². The third-order valence-electron chi connectivity index (χ3n) is 3.59. The molecule has 0 spiro atoms. The second-order valence-corrected chi connectivity index (χ2v) is 5.35. The van der Waals surface area contributed by atoms with Gasteiger partial charge in [-0.05, 0) is 5.56 Å². The van der Waals surface area contributed by atoms with E-state index in [9.17, 15) is 14.9 Å². The van der Waals surface area contributed by atoms with E-state index in [2.05, 4.69) is 10.2 Å². The molecule has 1 heterocycles. The highest BCUT2D eigenvalue weighted by Gasteiger charge is 2.29. The molecule has 1 N–H and O–H groups in total. The average molecular weight is 292 g/mol. The second-order valence-electron chi connectivity index (χ2n) is 5.35. The highest BCUT2D eigenvalue weighted by atomic mass is 16.6. The molecule has 7 nitrogen and oxygen atoms in total. The van der Waals surface area contributed by atoms with Crippen molar-refractivity contribution in [2.24, 2.45) is 0 Å². The van der Waals surface area contributed by atoms with E-state index in [-0.39, 0.29) is 17.6 Å². The number of nitro benzene ring substituents is 1. The van der Waals surface area contributed by atoms with Crippen LogP contribution in [0.2, 0.25) is 0 Å². The zero-order valence-corrected chi connectivity index (χ0v) is 12.3. The summed E-state index contributed by atoms with van der Waals surface area (Å²) in [6.45, 7) is 2.69. The van der Waals surface area contributed by atoms with Gasteiger partial charge in [0.15, 0.2) is 0 Å². The summed E-state index contributed by atoms with van der Waals surface area (Å²) in [7, 11) is 3.48. The van der Waals surface area contributed by atoms with Gasteiger partial charge in [-0.2, -0.15) is 0 Å². The van der Waals surface area contributed by atoms with Crippen LogP contribution in [0.4, 0.5) is 5.69 Å². The van der Waals surface area contributed by atoms with Crippen molar-refractivity contribution in [3.05, 3.63) is 39.9 Å². The first-order valence-electron chi connectivity index (χ1n) is 6.88. The van der Waals surface area contributed by atoms with Gasteiger partial charge in [0.1, 0.15) is 6.04 Å². The number of hydrogen-bond acceptors (Lipinski definition) is 5. The molecule has 1 atom stereocenters. The molecule has 1 aliphatic heterocycles. The summed E-state index contributed by atoms with van der Waals surface area (Å²) in [5.74, 6) is 0.0487. The van der Waals surface area contributed by atoms with Crippen LogP contribution in [-0.2, 0) is 11.3 Å². The Bertz CT molecular complexity index is 533. The summed E-state index contributed by atoms with van der Waals surface area (Å²) < 4.78 is 0. The Kier molecular flexibility index (Phi) is 4.87. The lowest BCUT2D eigenvalue weighted by Gasteiger charge is -2.36. The Balaban J connectivity index is 2.14. The van der Waals surface area contributed by atoms with Crippen molar-refractivity contribution in [2.75, 3.05) is 33.7 Å². The highest BCUT2D eigenvalue weighted by molar-refractivity contribution is 5.81.